The molecule has 0 spiro atoms. The van der Waals surface area contributed by atoms with Gasteiger partial charge in [0.1, 0.15) is 0 Å². The fraction of sp³-hybridized carbons (Fsp3) is 0.108. The van der Waals surface area contributed by atoms with Gasteiger partial charge in [-0.2, -0.15) is 0 Å². The summed E-state index contributed by atoms with van der Waals surface area (Å²) in [6, 6.07) is 38.9. The Kier molecular flexibility index (Phi) is 5.68. The molecule has 5 heteroatoms. The molecule has 0 atom stereocenters. The predicted molar refractivity (Wildman–Crippen MR) is 175 cm³/mol. The molecule has 5 heterocycles. The molecule has 0 aliphatic rings. The number of nitrogens with zero attached hydrogens (tertiary/aromatic N) is 4. The van der Waals surface area contributed by atoms with Crippen LogP contribution in [0.4, 0.5) is 0 Å². The minimum absolute atomic E-state index is 0.157. The number of benzene rings is 3. The molecule has 0 radical (unpaired) electrons. The van der Waals surface area contributed by atoms with Crippen molar-refractivity contribution in [1.82, 2.24) is 19.5 Å². The number of para-hydroxylation sites is 1. The first-order valence-electron chi connectivity index (χ1n) is 14.2. The molecule has 8 aromatic rings. The average Bonchev–Trinajstić information content (AvgIpc) is 3.56. The first kappa shape index (κ1) is 25.2. The first-order valence-corrected chi connectivity index (χ1v) is 15.9. The van der Waals surface area contributed by atoms with Gasteiger partial charge in [0.15, 0.2) is 0 Å². The Morgan fingerprint density at radius 2 is 1.45 bits per heavy atom. The Hall–Kier alpha value is -4.57. The normalized spacial score (nSPS) is 12.2. The van der Waals surface area contributed by atoms with Gasteiger partial charge in [-0.05, 0) is 6.07 Å². The van der Waals surface area contributed by atoms with Gasteiger partial charge in [0, 0.05) is 6.20 Å². The zero-order valence-corrected chi connectivity index (χ0v) is 25.4. The third kappa shape index (κ3) is 3.85. The summed E-state index contributed by atoms with van der Waals surface area (Å²) >= 11 is 0.157. The van der Waals surface area contributed by atoms with Crippen LogP contribution in [-0.4, -0.2) is 34.0 Å². The van der Waals surface area contributed by atoms with Crippen molar-refractivity contribution in [2.45, 2.75) is 26.2 Å². The summed E-state index contributed by atoms with van der Waals surface area (Å²) in [6.07, 6.45) is 1.86. The molecule has 202 valence electrons. The summed E-state index contributed by atoms with van der Waals surface area (Å²) in [6.45, 7) is 6.62. The molecule has 3 aromatic carbocycles. The summed E-state index contributed by atoms with van der Waals surface area (Å²) in [5.74, 6) is 0.921. The Morgan fingerprint density at radius 1 is 0.667 bits per heavy atom. The van der Waals surface area contributed by atoms with E-state index < -0.39 is 0 Å². The molecule has 0 saturated carbocycles. The molecular formula is C37H28N4Se. The van der Waals surface area contributed by atoms with E-state index in [4.69, 9.17) is 15.0 Å². The number of aromatic nitrogens is 4. The summed E-state index contributed by atoms with van der Waals surface area (Å²) in [5.41, 5.74) is 7.57. The molecule has 8 rings (SSSR count). The molecule has 0 fully saturated rings. The summed E-state index contributed by atoms with van der Waals surface area (Å²) in [7, 11) is 0. The molecule has 0 saturated heterocycles. The van der Waals surface area contributed by atoms with Gasteiger partial charge in [0.25, 0.3) is 0 Å². The van der Waals surface area contributed by atoms with Crippen molar-refractivity contribution in [3.8, 4) is 17.1 Å². The van der Waals surface area contributed by atoms with Crippen LogP contribution in [0.2, 0.25) is 0 Å². The van der Waals surface area contributed by atoms with Gasteiger partial charge in [-0.15, -0.1) is 0 Å². The van der Waals surface area contributed by atoms with Gasteiger partial charge in [-0.25, -0.2) is 0 Å². The van der Waals surface area contributed by atoms with E-state index in [1.807, 2.05) is 18.3 Å². The zero-order chi connectivity index (χ0) is 28.4. The van der Waals surface area contributed by atoms with E-state index in [2.05, 4.69) is 122 Å². The van der Waals surface area contributed by atoms with Crippen molar-refractivity contribution in [3.63, 3.8) is 0 Å². The van der Waals surface area contributed by atoms with Crippen molar-refractivity contribution in [3.05, 3.63) is 132 Å². The molecular weight excluding hydrogens is 579 g/mol. The van der Waals surface area contributed by atoms with E-state index in [9.17, 15) is 0 Å². The summed E-state index contributed by atoms with van der Waals surface area (Å²) < 4.78 is 4.87. The van der Waals surface area contributed by atoms with Crippen LogP contribution in [0, 0.1) is 6.92 Å². The van der Waals surface area contributed by atoms with E-state index in [1.54, 1.807) is 0 Å². The van der Waals surface area contributed by atoms with Crippen molar-refractivity contribution in [1.29, 1.82) is 0 Å². The predicted octanol–water partition coefficient (Wildman–Crippen LogP) is 8.63. The number of rotatable bonds is 4. The minimum atomic E-state index is -0.319. The van der Waals surface area contributed by atoms with Gasteiger partial charge in [0.05, 0.1) is 0 Å². The van der Waals surface area contributed by atoms with Gasteiger partial charge in [0.2, 0.25) is 0 Å². The van der Waals surface area contributed by atoms with Crippen LogP contribution in [0.5, 0.6) is 0 Å². The summed E-state index contributed by atoms with van der Waals surface area (Å²) in [5, 5.41) is 5.02. The Labute approximate surface area is 250 Å². The third-order valence-corrected chi connectivity index (χ3v) is 10.9. The van der Waals surface area contributed by atoms with Crippen LogP contribution in [0.3, 0.4) is 0 Å². The van der Waals surface area contributed by atoms with Gasteiger partial charge in [-0.1, -0.05) is 18.2 Å². The topological polar surface area (TPSA) is 43.6 Å². The molecule has 0 aliphatic heterocycles. The molecule has 0 bridgehead atoms. The number of aryl methyl sites for hydroxylation is 1. The third-order valence-electron chi connectivity index (χ3n) is 8.44. The fourth-order valence-corrected chi connectivity index (χ4v) is 8.75. The van der Waals surface area contributed by atoms with Crippen LogP contribution < -0.4 is 0 Å². The second-order valence-corrected chi connectivity index (χ2v) is 13.5. The molecule has 5 aromatic heterocycles. The second-order valence-electron chi connectivity index (χ2n) is 11.4. The maximum atomic E-state index is 5.32. The van der Waals surface area contributed by atoms with Crippen LogP contribution >= 0.6 is 0 Å². The first-order chi connectivity index (χ1) is 20.5. The van der Waals surface area contributed by atoms with Gasteiger partial charge in [-0.3, -0.25) is 0 Å². The van der Waals surface area contributed by atoms with Gasteiger partial charge >= 0.3 is 220 Å². The maximum absolute atomic E-state index is 5.32. The van der Waals surface area contributed by atoms with Crippen LogP contribution in [0.1, 0.15) is 30.8 Å². The average molecular weight is 608 g/mol. The molecule has 0 N–H and O–H groups in total. The Balaban J connectivity index is 1.28. The molecule has 0 unspecified atom stereocenters. The van der Waals surface area contributed by atoms with Crippen LogP contribution in [-0.2, 0) is 5.41 Å². The Bertz CT molecular complexity index is 2290. The molecule has 4 nitrogen and oxygen atoms in total. The molecule has 0 aliphatic carbocycles. The van der Waals surface area contributed by atoms with E-state index in [0.29, 0.717) is 0 Å². The number of hydrogen-bond donors (Lipinski definition) is 0. The monoisotopic (exact) mass is 608 g/mol. The quantitative estimate of drug-likeness (QED) is 0.188. The number of fused-ring (bicyclic) bond motifs is 6. The van der Waals surface area contributed by atoms with Gasteiger partial charge < -0.3 is 0 Å². The van der Waals surface area contributed by atoms with Crippen molar-refractivity contribution < 1.29 is 0 Å². The van der Waals surface area contributed by atoms with Crippen LogP contribution in [0.25, 0.3) is 58.3 Å². The van der Waals surface area contributed by atoms with E-state index in [1.165, 1.54) is 41.3 Å². The van der Waals surface area contributed by atoms with Crippen molar-refractivity contribution in [2.75, 3.05) is 0 Å². The zero-order valence-electron chi connectivity index (χ0n) is 23.7. The SMILES string of the molecule is Cc1ccc2c(n1)[se]c1c(-c3cccc(C(C)(C)c4ccc5c6ccccc6n(-c6ccccn6)c5c4)n3)cccc12. The fourth-order valence-electron chi connectivity index (χ4n) is 6.15. The van der Waals surface area contributed by atoms with E-state index in [-0.39, 0.29) is 19.9 Å². The number of hydrogen-bond acceptors (Lipinski definition) is 3. The molecule has 42 heavy (non-hydrogen) atoms. The van der Waals surface area contributed by atoms with Crippen molar-refractivity contribution in [2.24, 2.45) is 0 Å². The number of pyridine rings is 3. The van der Waals surface area contributed by atoms with E-state index >= 15 is 0 Å². The van der Waals surface area contributed by atoms with Crippen LogP contribution in [0.15, 0.2) is 115 Å². The summed E-state index contributed by atoms with van der Waals surface area (Å²) in [4.78, 5) is 14.9. The molecule has 0 amide bonds. The second kappa shape index (κ2) is 9.49. The van der Waals surface area contributed by atoms with Crippen molar-refractivity contribution >= 4 is 55.7 Å². The van der Waals surface area contributed by atoms with E-state index in [0.717, 1.165) is 33.9 Å². The standard InChI is InChI=1S/C37H28N4Se/c1-23-17-19-28-27-11-8-12-29(35(27)42-36(28)39-23)30-13-9-15-33(40-30)37(2,3)24-18-20-26-25-10-4-5-14-31(25)41(32(26)22-24)34-16-6-7-21-38-34/h4-22H,1-3H3. The Morgan fingerprint density at radius 3 is 2.33 bits per heavy atom.